The number of para-hydroxylation sites is 4. The number of anilines is 6. The molecule has 61 heavy (non-hydrogen) atoms. The van der Waals surface area contributed by atoms with Crippen LogP contribution in [0.3, 0.4) is 0 Å². The summed E-state index contributed by atoms with van der Waals surface area (Å²) >= 11 is 0. The molecule has 0 spiro atoms. The van der Waals surface area contributed by atoms with E-state index in [1.165, 1.54) is 88.6 Å². The minimum atomic E-state index is -2.15. The summed E-state index contributed by atoms with van der Waals surface area (Å²) in [6, 6.07) is 68.1. The van der Waals surface area contributed by atoms with Crippen molar-refractivity contribution in [1.29, 1.82) is 0 Å². The second-order valence-corrected chi connectivity index (χ2v) is 30.1. The maximum absolute atomic E-state index is 2.66. The van der Waals surface area contributed by atoms with Crippen LogP contribution in [0.2, 0.25) is 39.3 Å². The monoisotopic (exact) mass is 822 g/mol. The third-order valence-corrected chi connectivity index (χ3v) is 23.6. The van der Waals surface area contributed by atoms with Gasteiger partial charge in [-0.3, -0.25) is 0 Å². The van der Waals surface area contributed by atoms with Gasteiger partial charge in [-0.05, 0) is 129 Å². The standard InChI is InChI=1S/C57H54N2Si2/c1-39-23-15-21-33-51(39)58(41-25-11-9-12-26-41)43-35-36-48-49(37-43)44-29-17-19-31-46(44)55-54-47-32-20-18-30-45(47)53(38-50(54)57(56(48)55,60(3,4)5)61(6,7)8)59(42-27-13-10-14-28-42)52-34-22-16-24-40(52)2/h9-38H,1-8H3. The normalized spacial score (nSPS) is 13.4. The van der Waals surface area contributed by atoms with Crippen molar-refractivity contribution in [3.8, 4) is 11.1 Å². The first kappa shape index (κ1) is 39.0. The Morgan fingerprint density at radius 3 is 1.36 bits per heavy atom. The Morgan fingerprint density at radius 1 is 0.344 bits per heavy atom. The van der Waals surface area contributed by atoms with Crippen LogP contribution in [-0.4, -0.2) is 16.1 Å². The summed E-state index contributed by atoms with van der Waals surface area (Å²) in [4.78, 5) is 4.98. The zero-order valence-corrected chi connectivity index (χ0v) is 38.7. The predicted octanol–water partition coefficient (Wildman–Crippen LogP) is 16.7. The van der Waals surface area contributed by atoms with E-state index in [0.29, 0.717) is 0 Å². The van der Waals surface area contributed by atoms with E-state index in [0.717, 1.165) is 5.69 Å². The molecule has 0 amide bonds. The number of hydrogen-bond donors (Lipinski definition) is 0. The lowest BCUT2D eigenvalue weighted by molar-refractivity contribution is 0.963. The highest BCUT2D eigenvalue weighted by Crippen LogP contribution is 2.64. The molecule has 0 fully saturated rings. The molecule has 4 heteroatoms. The van der Waals surface area contributed by atoms with Gasteiger partial charge in [0.15, 0.2) is 0 Å². The fraction of sp³-hybridized carbons (Fsp3) is 0.158. The van der Waals surface area contributed by atoms with Gasteiger partial charge in [0.25, 0.3) is 0 Å². The molecular formula is C57H54N2Si2. The van der Waals surface area contributed by atoms with Gasteiger partial charge in [0.1, 0.15) is 0 Å². The summed E-state index contributed by atoms with van der Waals surface area (Å²) < 4.78 is -0.129. The van der Waals surface area contributed by atoms with E-state index in [1.807, 2.05) is 0 Å². The molecule has 0 saturated carbocycles. The molecule has 0 heterocycles. The van der Waals surface area contributed by atoms with Gasteiger partial charge in [0.2, 0.25) is 0 Å². The van der Waals surface area contributed by atoms with Gasteiger partial charge in [0, 0.05) is 38.5 Å². The summed E-state index contributed by atoms with van der Waals surface area (Å²) in [5, 5.41) is 7.98. The Balaban J connectivity index is 1.36. The molecule has 0 aliphatic heterocycles. The zero-order chi connectivity index (χ0) is 42.3. The molecule has 0 bridgehead atoms. The second-order valence-electron chi connectivity index (χ2n) is 19.1. The molecule has 0 aromatic heterocycles. The Kier molecular flexibility index (Phi) is 9.24. The Bertz CT molecular complexity index is 3130. The van der Waals surface area contributed by atoms with Crippen molar-refractivity contribution in [3.05, 3.63) is 204 Å². The quantitative estimate of drug-likeness (QED) is 0.111. The van der Waals surface area contributed by atoms with E-state index < -0.39 is 16.1 Å². The first-order valence-electron chi connectivity index (χ1n) is 21.8. The third-order valence-electron chi connectivity index (χ3n) is 13.6. The van der Waals surface area contributed by atoms with E-state index in [2.05, 4.69) is 245 Å². The molecule has 0 unspecified atom stereocenters. The van der Waals surface area contributed by atoms with Gasteiger partial charge < -0.3 is 9.80 Å². The van der Waals surface area contributed by atoms with Crippen LogP contribution >= 0.6 is 0 Å². The summed E-state index contributed by atoms with van der Waals surface area (Å²) in [6.07, 6.45) is 0. The molecule has 0 radical (unpaired) electrons. The number of benzene rings is 9. The molecule has 1 aliphatic carbocycles. The smallest absolute Gasteiger partial charge is 0.0579 e. The van der Waals surface area contributed by atoms with Crippen molar-refractivity contribution in [2.24, 2.45) is 0 Å². The Hall–Kier alpha value is -6.21. The summed E-state index contributed by atoms with van der Waals surface area (Å²) in [5.41, 5.74) is 15.6. The fourth-order valence-electron chi connectivity index (χ4n) is 11.5. The average molecular weight is 823 g/mol. The number of fused-ring (bicyclic) bond motifs is 10. The van der Waals surface area contributed by atoms with E-state index >= 15 is 0 Å². The van der Waals surface area contributed by atoms with E-state index in [1.54, 1.807) is 5.56 Å². The lowest BCUT2D eigenvalue weighted by atomic mass is 9.89. The summed E-state index contributed by atoms with van der Waals surface area (Å²) in [6.45, 7) is 20.4. The topological polar surface area (TPSA) is 6.48 Å². The molecule has 0 N–H and O–H groups in total. The van der Waals surface area contributed by atoms with Crippen molar-refractivity contribution in [2.75, 3.05) is 9.80 Å². The van der Waals surface area contributed by atoms with Crippen molar-refractivity contribution in [1.82, 2.24) is 0 Å². The van der Waals surface area contributed by atoms with Gasteiger partial charge in [-0.25, -0.2) is 0 Å². The number of hydrogen-bond acceptors (Lipinski definition) is 2. The van der Waals surface area contributed by atoms with Crippen LogP contribution in [0.4, 0.5) is 34.1 Å². The number of aryl methyl sites for hydroxylation is 2. The van der Waals surface area contributed by atoms with Crippen molar-refractivity contribution >= 4 is 82.6 Å². The van der Waals surface area contributed by atoms with Crippen LogP contribution in [0.25, 0.3) is 43.4 Å². The highest BCUT2D eigenvalue weighted by atomic mass is 28.4. The molecule has 9 aromatic rings. The summed E-state index contributed by atoms with van der Waals surface area (Å²) in [7, 11) is -4.29. The summed E-state index contributed by atoms with van der Waals surface area (Å²) in [5.74, 6) is 0. The molecular weight excluding hydrogens is 769 g/mol. The van der Waals surface area contributed by atoms with Crippen molar-refractivity contribution in [2.45, 2.75) is 57.8 Å². The first-order chi connectivity index (χ1) is 29.4. The van der Waals surface area contributed by atoms with Crippen molar-refractivity contribution in [3.63, 3.8) is 0 Å². The van der Waals surface area contributed by atoms with Crippen molar-refractivity contribution < 1.29 is 0 Å². The predicted molar refractivity (Wildman–Crippen MR) is 271 cm³/mol. The lowest BCUT2D eigenvalue weighted by Gasteiger charge is -2.52. The number of rotatable bonds is 8. The molecule has 9 aromatic carbocycles. The minimum absolute atomic E-state index is 0.129. The molecule has 1 aliphatic rings. The zero-order valence-electron chi connectivity index (χ0n) is 36.7. The highest BCUT2D eigenvalue weighted by Gasteiger charge is 2.60. The largest absolute Gasteiger partial charge is 0.310 e. The molecule has 2 nitrogen and oxygen atoms in total. The van der Waals surface area contributed by atoms with Gasteiger partial charge in [-0.2, -0.15) is 0 Å². The van der Waals surface area contributed by atoms with Crippen LogP contribution in [0.15, 0.2) is 182 Å². The van der Waals surface area contributed by atoms with E-state index in [-0.39, 0.29) is 4.66 Å². The van der Waals surface area contributed by atoms with Gasteiger partial charge in [-0.15, -0.1) is 0 Å². The van der Waals surface area contributed by atoms with Crippen LogP contribution in [0, 0.1) is 13.8 Å². The molecule has 300 valence electrons. The molecule has 0 saturated heterocycles. The highest BCUT2D eigenvalue weighted by molar-refractivity contribution is 7.00. The lowest BCUT2D eigenvalue weighted by Crippen LogP contribution is -2.63. The number of nitrogens with zero attached hydrogens (tertiary/aromatic N) is 2. The van der Waals surface area contributed by atoms with Crippen LogP contribution in [0.1, 0.15) is 22.3 Å². The maximum atomic E-state index is 2.66. The van der Waals surface area contributed by atoms with E-state index in [9.17, 15) is 0 Å². The van der Waals surface area contributed by atoms with Gasteiger partial charge in [-0.1, -0.05) is 167 Å². The maximum Gasteiger partial charge on any atom is 0.0579 e. The second kappa shape index (κ2) is 14.5. The SMILES string of the molecule is Cc1ccccc1N(c1ccccc1)c1ccc2c3c(c4ccccc4c2c1)-c1c(cc(N(c2ccccc2)c2ccccc2C)c2ccccc12)C3([Si](C)(C)C)[Si](C)(C)C. The van der Waals surface area contributed by atoms with Gasteiger partial charge in [0.05, 0.1) is 21.8 Å². The third kappa shape index (κ3) is 5.87. The first-order valence-corrected chi connectivity index (χ1v) is 28.8. The molecule has 0 atom stereocenters. The van der Waals surface area contributed by atoms with Crippen LogP contribution in [0.5, 0.6) is 0 Å². The van der Waals surface area contributed by atoms with Gasteiger partial charge >= 0.3 is 0 Å². The van der Waals surface area contributed by atoms with Crippen LogP contribution in [-0.2, 0) is 4.66 Å². The Morgan fingerprint density at radius 2 is 0.803 bits per heavy atom. The van der Waals surface area contributed by atoms with Crippen LogP contribution < -0.4 is 9.80 Å². The average Bonchev–Trinajstić information content (AvgIpc) is 3.60. The Labute approximate surface area is 363 Å². The van der Waals surface area contributed by atoms with E-state index in [4.69, 9.17) is 0 Å². The fourth-order valence-corrected chi connectivity index (χ4v) is 24.5. The minimum Gasteiger partial charge on any atom is -0.310 e. The molecule has 10 rings (SSSR count).